The molecule has 152 valence electrons. The molecule has 0 aromatic heterocycles. The molecule has 1 saturated heterocycles. The van der Waals surface area contributed by atoms with Gasteiger partial charge in [-0.15, -0.1) is 0 Å². The number of amides is 1. The van der Waals surface area contributed by atoms with Crippen LogP contribution in [0.2, 0.25) is 0 Å². The number of anilines is 1. The second-order valence-corrected chi connectivity index (χ2v) is 7.33. The molecule has 0 radical (unpaired) electrons. The maximum Gasteiger partial charge on any atom is 0.454 e. The predicted molar refractivity (Wildman–Crippen MR) is 96.2 cm³/mol. The minimum Gasteiger partial charge on any atom is -0.378 e. The zero-order valence-corrected chi connectivity index (χ0v) is 16.3. The van der Waals surface area contributed by atoms with Gasteiger partial charge in [0.15, 0.2) is 0 Å². The number of rotatable bonds is 3. The summed E-state index contributed by atoms with van der Waals surface area (Å²) in [5.41, 5.74) is -0.926. The van der Waals surface area contributed by atoms with Crippen molar-refractivity contribution in [3.05, 3.63) is 39.8 Å². The Labute approximate surface area is 167 Å². The Hall–Kier alpha value is -1.94. The topological polar surface area (TPSA) is 49.9 Å². The lowest BCUT2D eigenvalue weighted by Crippen LogP contribution is -2.44. The van der Waals surface area contributed by atoms with Gasteiger partial charge < -0.3 is 14.5 Å². The number of carbonyl (C=O) groups is 2. The first kappa shape index (κ1) is 20.8. The number of morpholine rings is 1. The SMILES string of the molecule is O=C1C(N2CCOCC2)=C(C(=O)C(F)(F)F)CCCN1c1ccc(Br)cc1F. The van der Waals surface area contributed by atoms with Gasteiger partial charge in [-0.25, -0.2) is 4.39 Å². The summed E-state index contributed by atoms with van der Waals surface area (Å²) < 4.78 is 59.5. The third kappa shape index (κ3) is 4.22. The number of Topliss-reactive ketones (excluding diaryl/α,β-unsaturated/α-hetero) is 1. The van der Waals surface area contributed by atoms with Crippen molar-refractivity contribution in [3.8, 4) is 0 Å². The number of carbonyl (C=O) groups excluding carboxylic acids is 2. The number of halogens is 5. The second kappa shape index (κ2) is 8.20. The van der Waals surface area contributed by atoms with Gasteiger partial charge in [0.25, 0.3) is 11.7 Å². The molecule has 0 saturated carbocycles. The summed E-state index contributed by atoms with van der Waals surface area (Å²) in [4.78, 5) is 27.8. The lowest BCUT2D eigenvalue weighted by molar-refractivity contribution is -0.167. The Bertz CT molecular complexity index is 820. The summed E-state index contributed by atoms with van der Waals surface area (Å²) in [6.45, 7) is 0.784. The van der Waals surface area contributed by atoms with Gasteiger partial charge in [0, 0.05) is 29.7 Å². The quantitative estimate of drug-likeness (QED) is 0.643. The van der Waals surface area contributed by atoms with E-state index < -0.39 is 29.3 Å². The number of hydrogen-bond donors (Lipinski definition) is 0. The third-order valence-corrected chi connectivity index (χ3v) is 5.09. The van der Waals surface area contributed by atoms with Crippen LogP contribution < -0.4 is 4.90 Å². The van der Waals surface area contributed by atoms with Gasteiger partial charge in [-0.3, -0.25) is 9.59 Å². The number of ketones is 1. The van der Waals surface area contributed by atoms with Gasteiger partial charge in [-0.1, -0.05) is 15.9 Å². The maximum atomic E-state index is 14.4. The molecule has 0 spiro atoms. The number of ether oxygens (including phenoxy) is 1. The van der Waals surface area contributed by atoms with E-state index in [-0.39, 0.29) is 57.1 Å². The molecule has 1 aromatic carbocycles. The van der Waals surface area contributed by atoms with Crippen molar-refractivity contribution in [3.63, 3.8) is 0 Å². The van der Waals surface area contributed by atoms with Gasteiger partial charge in [0.05, 0.1) is 18.9 Å². The number of allylic oxidation sites excluding steroid dienone is 1. The molecule has 5 nitrogen and oxygen atoms in total. The van der Waals surface area contributed by atoms with Crippen LogP contribution in [0.25, 0.3) is 0 Å². The Morgan fingerprint density at radius 1 is 1.14 bits per heavy atom. The summed E-state index contributed by atoms with van der Waals surface area (Å²) in [6, 6.07) is 4.09. The fraction of sp³-hybridized carbons (Fsp3) is 0.444. The molecule has 10 heteroatoms. The fourth-order valence-electron chi connectivity index (χ4n) is 3.33. The molecule has 1 fully saturated rings. The first-order valence-corrected chi connectivity index (χ1v) is 9.43. The minimum absolute atomic E-state index is 0.000136. The standard InChI is InChI=1S/C18H17BrF4N2O3/c19-11-3-4-14(13(20)10-11)25-5-1-2-12(16(26)18(21,22)23)15(17(25)27)24-6-8-28-9-7-24/h3-4,10H,1-2,5-9H2. The Morgan fingerprint density at radius 3 is 2.43 bits per heavy atom. The molecule has 2 heterocycles. The second-order valence-electron chi connectivity index (χ2n) is 6.41. The highest BCUT2D eigenvalue weighted by atomic mass is 79.9. The number of nitrogens with zero attached hydrogens (tertiary/aromatic N) is 2. The molecular formula is C18H17BrF4N2O3. The van der Waals surface area contributed by atoms with Crippen molar-refractivity contribution < 1.29 is 31.9 Å². The molecular weight excluding hydrogens is 448 g/mol. The van der Waals surface area contributed by atoms with E-state index in [4.69, 9.17) is 4.74 Å². The van der Waals surface area contributed by atoms with Gasteiger partial charge in [0.1, 0.15) is 11.5 Å². The molecule has 28 heavy (non-hydrogen) atoms. The normalized spacial score (nSPS) is 19.1. The highest BCUT2D eigenvalue weighted by Crippen LogP contribution is 2.33. The van der Waals surface area contributed by atoms with Crippen molar-refractivity contribution >= 4 is 33.3 Å². The molecule has 0 unspecified atom stereocenters. The highest BCUT2D eigenvalue weighted by Gasteiger charge is 2.45. The summed E-state index contributed by atoms with van der Waals surface area (Å²) in [7, 11) is 0. The molecule has 1 aromatic rings. The summed E-state index contributed by atoms with van der Waals surface area (Å²) >= 11 is 3.13. The van der Waals surface area contributed by atoms with Crippen molar-refractivity contribution in [2.45, 2.75) is 19.0 Å². The van der Waals surface area contributed by atoms with Gasteiger partial charge in [-0.2, -0.15) is 13.2 Å². The first-order chi connectivity index (χ1) is 13.2. The van der Waals surface area contributed by atoms with Crippen molar-refractivity contribution in [1.29, 1.82) is 0 Å². The number of alkyl halides is 3. The van der Waals surface area contributed by atoms with E-state index in [1.807, 2.05) is 0 Å². The molecule has 2 aliphatic heterocycles. The first-order valence-electron chi connectivity index (χ1n) is 8.64. The summed E-state index contributed by atoms with van der Waals surface area (Å²) in [6.07, 6.45) is -5.21. The van der Waals surface area contributed by atoms with Crippen LogP contribution >= 0.6 is 15.9 Å². The summed E-state index contributed by atoms with van der Waals surface area (Å²) in [5.74, 6) is -3.52. The van der Waals surface area contributed by atoms with Gasteiger partial charge in [0.2, 0.25) is 0 Å². The molecule has 0 N–H and O–H groups in total. The van der Waals surface area contributed by atoms with Crippen molar-refractivity contribution in [2.24, 2.45) is 0 Å². The van der Waals surface area contributed by atoms with Crippen LogP contribution in [0.3, 0.4) is 0 Å². The van der Waals surface area contributed by atoms with Crippen molar-refractivity contribution in [1.82, 2.24) is 4.90 Å². The Kier molecular flexibility index (Phi) is 6.09. The van der Waals surface area contributed by atoms with E-state index in [0.29, 0.717) is 4.47 Å². The van der Waals surface area contributed by atoms with E-state index in [0.717, 1.165) is 4.90 Å². The Morgan fingerprint density at radius 2 is 1.82 bits per heavy atom. The lowest BCUT2D eigenvalue weighted by atomic mass is 10.0. The van der Waals surface area contributed by atoms with Crippen molar-refractivity contribution in [2.75, 3.05) is 37.7 Å². The van der Waals surface area contributed by atoms with Gasteiger partial charge >= 0.3 is 6.18 Å². The molecule has 0 bridgehead atoms. The molecule has 0 aliphatic carbocycles. The van der Waals surface area contributed by atoms with Crippen LogP contribution in [-0.2, 0) is 14.3 Å². The zero-order valence-electron chi connectivity index (χ0n) is 14.7. The number of benzene rings is 1. The van der Waals surface area contributed by atoms with E-state index >= 15 is 0 Å². The molecule has 1 amide bonds. The molecule has 0 atom stereocenters. The molecule has 3 rings (SSSR count). The fourth-order valence-corrected chi connectivity index (χ4v) is 3.66. The zero-order chi connectivity index (χ0) is 20.5. The lowest BCUT2D eigenvalue weighted by Gasteiger charge is -2.33. The average molecular weight is 465 g/mol. The van der Waals surface area contributed by atoms with Crippen LogP contribution in [0.5, 0.6) is 0 Å². The van der Waals surface area contributed by atoms with E-state index in [1.165, 1.54) is 23.1 Å². The largest absolute Gasteiger partial charge is 0.454 e. The monoisotopic (exact) mass is 464 g/mol. The third-order valence-electron chi connectivity index (χ3n) is 4.60. The average Bonchev–Trinajstić information content (AvgIpc) is 2.80. The summed E-state index contributed by atoms with van der Waals surface area (Å²) in [5, 5.41) is 0. The van der Waals surface area contributed by atoms with E-state index in [2.05, 4.69) is 15.9 Å². The van der Waals surface area contributed by atoms with Crippen LogP contribution in [-0.4, -0.2) is 55.6 Å². The van der Waals surface area contributed by atoms with Crippen LogP contribution in [0, 0.1) is 5.82 Å². The number of hydrogen-bond acceptors (Lipinski definition) is 4. The minimum atomic E-state index is -5.09. The van der Waals surface area contributed by atoms with E-state index in [1.54, 1.807) is 0 Å². The van der Waals surface area contributed by atoms with Crippen LogP contribution in [0.4, 0.5) is 23.2 Å². The van der Waals surface area contributed by atoms with Gasteiger partial charge in [-0.05, 0) is 31.0 Å². The van der Waals surface area contributed by atoms with Crippen LogP contribution in [0.1, 0.15) is 12.8 Å². The highest BCUT2D eigenvalue weighted by molar-refractivity contribution is 9.10. The maximum absolute atomic E-state index is 14.4. The smallest absolute Gasteiger partial charge is 0.378 e. The molecule has 2 aliphatic rings. The van der Waals surface area contributed by atoms with E-state index in [9.17, 15) is 27.2 Å². The van der Waals surface area contributed by atoms with Crippen LogP contribution in [0.15, 0.2) is 33.9 Å². The Balaban J connectivity index is 2.09. The predicted octanol–water partition coefficient (Wildman–Crippen LogP) is 3.43.